The molecule has 19 heavy (non-hydrogen) atoms. The molecule has 0 aromatic carbocycles. The molecule has 3 heteroatoms. The summed E-state index contributed by atoms with van der Waals surface area (Å²) < 4.78 is 0. The Labute approximate surface area is 120 Å². The van der Waals surface area contributed by atoms with E-state index in [1.165, 1.54) is 11.1 Å². The summed E-state index contributed by atoms with van der Waals surface area (Å²) in [5.41, 5.74) is 4.61. The predicted molar refractivity (Wildman–Crippen MR) is 87.7 cm³/mol. The van der Waals surface area contributed by atoms with E-state index in [-0.39, 0.29) is 1.43 Å². The molecule has 0 bridgehead atoms. The lowest BCUT2D eigenvalue weighted by atomic mass is 9.96. The third-order valence-electron chi connectivity index (χ3n) is 2.97. The van der Waals surface area contributed by atoms with Gasteiger partial charge in [0.05, 0.1) is 0 Å². The Bertz CT molecular complexity index is 589. The van der Waals surface area contributed by atoms with Gasteiger partial charge in [0.25, 0.3) is 0 Å². The molecule has 0 saturated carbocycles. The Kier molecular flexibility index (Phi) is 4.53. The van der Waals surface area contributed by atoms with Crippen molar-refractivity contribution in [2.24, 2.45) is 0 Å². The van der Waals surface area contributed by atoms with E-state index in [0.29, 0.717) is 0 Å². The molecule has 2 heterocycles. The van der Waals surface area contributed by atoms with Crippen LogP contribution in [0.5, 0.6) is 0 Å². The monoisotopic (exact) mass is 272 g/mol. The second kappa shape index (κ2) is 6.34. The molecule has 2 rings (SSSR count). The first-order valence-electron chi connectivity index (χ1n) is 6.26. The lowest BCUT2D eigenvalue weighted by Gasteiger charge is -2.14. The van der Waals surface area contributed by atoms with Crippen LogP contribution in [0.1, 0.15) is 20.3 Å². The van der Waals surface area contributed by atoms with Crippen LogP contribution in [0.15, 0.2) is 47.8 Å². The molecule has 0 saturated heterocycles. The van der Waals surface area contributed by atoms with Gasteiger partial charge in [0, 0.05) is 20.2 Å². The second-order valence-corrected chi connectivity index (χ2v) is 5.00. The molecule has 1 N–H and O–H groups in total. The van der Waals surface area contributed by atoms with Gasteiger partial charge < -0.3 is 5.32 Å². The van der Waals surface area contributed by atoms with Crippen LogP contribution < -0.4 is 5.32 Å². The van der Waals surface area contributed by atoms with Crippen molar-refractivity contribution in [3.8, 4) is 11.1 Å². The highest BCUT2D eigenvalue weighted by Gasteiger charge is 2.13. The Morgan fingerprint density at radius 2 is 2.37 bits per heavy atom. The average Bonchev–Trinajstić information content (AvgIpc) is 2.97. The molecular formula is C16H20N2S. The SMILES string of the molecule is C=C(C/C=C\C)c1c(-c2ccsc2)ccnc1NC.[HH]. The zero-order valence-electron chi connectivity index (χ0n) is 11.3. The summed E-state index contributed by atoms with van der Waals surface area (Å²) in [7, 11) is 1.90. The molecule has 100 valence electrons. The van der Waals surface area contributed by atoms with Gasteiger partial charge >= 0.3 is 0 Å². The van der Waals surface area contributed by atoms with Crippen LogP contribution >= 0.6 is 11.3 Å². The van der Waals surface area contributed by atoms with Crippen LogP contribution in [0.2, 0.25) is 0 Å². The highest BCUT2D eigenvalue weighted by atomic mass is 32.1. The van der Waals surface area contributed by atoms with Crippen LogP contribution in [0.3, 0.4) is 0 Å². The summed E-state index contributed by atoms with van der Waals surface area (Å²) in [6, 6.07) is 4.19. The largest absolute Gasteiger partial charge is 0.373 e. The van der Waals surface area contributed by atoms with E-state index < -0.39 is 0 Å². The first-order chi connectivity index (χ1) is 9.27. The van der Waals surface area contributed by atoms with Gasteiger partial charge in [-0.2, -0.15) is 11.3 Å². The molecule has 0 atom stereocenters. The van der Waals surface area contributed by atoms with Gasteiger partial charge in [-0.15, -0.1) is 0 Å². The maximum atomic E-state index is 4.40. The number of anilines is 1. The number of allylic oxidation sites excluding steroid dienone is 3. The molecule has 2 nitrogen and oxygen atoms in total. The molecule has 0 aliphatic carbocycles. The van der Waals surface area contributed by atoms with Gasteiger partial charge in [0.2, 0.25) is 0 Å². The van der Waals surface area contributed by atoms with E-state index >= 15 is 0 Å². The lowest BCUT2D eigenvalue weighted by Crippen LogP contribution is -1.99. The number of pyridine rings is 1. The normalized spacial score (nSPS) is 10.8. The highest BCUT2D eigenvalue weighted by molar-refractivity contribution is 7.08. The van der Waals surface area contributed by atoms with E-state index in [4.69, 9.17) is 0 Å². The third-order valence-corrected chi connectivity index (χ3v) is 3.66. The summed E-state index contributed by atoms with van der Waals surface area (Å²) in [5.74, 6) is 0.887. The number of nitrogens with one attached hydrogen (secondary N) is 1. The summed E-state index contributed by atoms with van der Waals surface area (Å²) in [6.45, 7) is 6.24. The molecule has 0 fully saturated rings. The van der Waals surface area contributed by atoms with Crippen molar-refractivity contribution in [1.29, 1.82) is 0 Å². The number of aromatic nitrogens is 1. The van der Waals surface area contributed by atoms with Crippen molar-refractivity contribution >= 4 is 22.7 Å². The van der Waals surface area contributed by atoms with E-state index in [9.17, 15) is 0 Å². The fourth-order valence-corrected chi connectivity index (χ4v) is 2.69. The van der Waals surface area contributed by atoms with E-state index in [2.05, 4.69) is 45.8 Å². The molecule has 0 spiro atoms. The maximum Gasteiger partial charge on any atom is 0.133 e. The highest BCUT2D eigenvalue weighted by Crippen LogP contribution is 2.34. The molecule has 0 aliphatic heterocycles. The zero-order chi connectivity index (χ0) is 13.7. The van der Waals surface area contributed by atoms with Gasteiger partial charge in [0.1, 0.15) is 5.82 Å². The van der Waals surface area contributed by atoms with E-state index in [1.807, 2.05) is 26.2 Å². The standard InChI is InChI=1S/C16H18N2S.H2/c1-4-5-6-12(2)15-14(13-8-10-19-11-13)7-9-18-16(15)17-3;/h4-5,7-11H,2,6H2,1,3H3,(H,17,18);1H/b5-4-;. The van der Waals surface area contributed by atoms with E-state index in [1.54, 1.807) is 11.3 Å². The predicted octanol–water partition coefficient (Wildman–Crippen LogP) is 5.08. The minimum atomic E-state index is 0. The minimum Gasteiger partial charge on any atom is -0.373 e. The van der Waals surface area contributed by atoms with Crippen LogP contribution in [-0.4, -0.2) is 12.0 Å². The quantitative estimate of drug-likeness (QED) is 0.768. The number of rotatable bonds is 5. The van der Waals surface area contributed by atoms with Gasteiger partial charge in [-0.3, -0.25) is 0 Å². The molecule has 2 aromatic rings. The average molecular weight is 272 g/mol. The topological polar surface area (TPSA) is 24.9 Å². The summed E-state index contributed by atoms with van der Waals surface area (Å²) in [4.78, 5) is 4.40. The molecule has 2 aromatic heterocycles. The van der Waals surface area contributed by atoms with Crippen LogP contribution in [0.4, 0.5) is 5.82 Å². The third kappa shape index (κ3) is 2.93. The van der Waals surface area contributed by atoms with Crippen LogP contribution in [0.25, 0.3) is 16.7 Å². The maximum absolute atomic E-state index is 4.40. The fourth-order valence-electron chi connectivity index (χ4n) is 2.03. The molecule has 0 unspecified atom stereocenters. The first-order valence-corrected chi connectivity index (χ1v) is 7.20. The van der Waals surface area contributed by atoms with Crippen molar-refractivity contribution in [3.05, 3.63) is 53.4 Å². The Morgan fingerprint density at radius 1 is 1.53 bits per heavy atom. The van der Waals surface area contributed by atoms with Crippen molar-refractivity contribution in [2.45, 2.75) is 13.3 Å². The van der Waals surface area contributed by atoms with Crippen molar-refractivity contribution in [1.82, 2.24) is 4.98 Å². The summed E-state index contributed by atoms with van der Waals surface area (Å²) >= 11 is 1.70. The summed E-state index contributed by atoms with van der Waals surface area (Å²) in [6.07, 6.45) is 6.84. The van der Waals surface area contributed by atoms with Crippen molar-refractivity contribution < 1.29 is 1.43 Å². The number of hydrogen-bond donors (Lipinski definition) is 1. The minimum absolute atomic E-state index is 0. The van der Waals surface area contributed by atoms with Gasteiger partial charge in [-0.25, -0.2) is 4.98 Å². The number of thiophene rings is 1. The molecule has 0 aliphatic rings. The molecule has 0 radical (unpaired) electrons. The zero-order valence-corrected chi connectivity index (χ0v) is 12.1. The Balaban J connectivity index is 0.00000200. The van der Waals surface area contributed by atoms with Crippen molar-refractivity contribution in [2.75, 3.05) is 12.4 Å². The van der Waals surface area contributed by atoms with Gasteiger partial charge in [-0.05, 0) is 52.9 Å². The van der Waals surface area contributed by atoms with Crippen molar-refractivity contribution in [3.63, 3.8) is 0 Å². The lowest BCUT2D eigenvalue weighted by molar-refractivity contribution is 1.25. The Morgan fingerprint density at radius 3 is 3.00 bits per heavy atom. The van der Waals surface area contributed by atoms with Crippen LogP contribution in [0, 0.1) is 0 Å². The second-order valence-electron chi connectivity index (χ2n) is 4.22. The number of nitrogens with zero attached hydrogens (tertiary/aromatic N) is 1. The van der Waals surface area contributed by atoms with Crippen LogP contribution in [-0.2, 0) is 0 Å². The van der Waals surface area contributed by atoms with E-state index in [0.717, 1.165) is 23.4 Å². The number of hydrogen-bond acceptors (Lipinski definition) is 3. The Hall–Kier alpha value is -1.87. The molecule has 0 amide bonds. The van der Waals surface area contributed by atoms with Gasteiger partial charge in [-0.1, -0.05) is 18.7 Å². The summed E-state index contributed by atoms with van der Waals surface area (Å²) in [5, 5.41) is 7.41. The molecular weight excluding hydrogens is 252 g/mol. The smallest absolute Gasteiger partial charge is 0.133 e. The first kappa shape index (κ1) is 13.6. The van der Waals surface area contributed by atoms with Gasteiger partial charge in [0.15, 0.2) is 0 Å². The fraction of sp³-hybridized carbons (Fsp3) is 0.188.